The standard InChI is InChI=1S/C18H21ClN4O5S/c1-3-16(24)20-11-17(25)21-7-9-22(10-8-21)29(26,27)23-12-13(19)18-14(23)5-4-6-15(18)28-2/h3-6,12H,1,7-11H2,2H3,(H,20,24). The summed E-state index contributed by atoms with van der Waals surface area (Å²) in [7, 11) is -2.39. The third-order valence-electron chi connectivity index (χ3n) is 4.70. The third-order valence-corrected chi connectivity index (χ3v) is 6.80. The number of halogens is 1. The van der Waals surface area contributed by atoms with Crippen LogP contribution in [0.15, 0.2) is 37.1 Å². The molecule has 1 fully saturated rings. The summed E-state index contributed by atoms with van der Waals surface area (Å²) >= 11 is 6.27. The Morgan fingerprint density at radius 2 is 1.97 bits per heavy atom. The normalized spacial score (nSPS) is 15.3. The number of amides is 2. The molecular weight excluding hydrogens is 420 g/mol. The van der Waals surface area contributed by atoms with Gasteiger partial charge >= 0.3 is 10.2 Å². The maximum atomic E-state index is 13.2. The Bertz CT molecular complexity index is 1060. The lowest BCUT2D eigenvalue weighted by Crippen LogP contribution is -2.53. The summed E-state index contributed by atoms with van der Waals surface area (Å²) in [5, 5.41) is 3.21. The lowest BCUT2D eigenvalue weighted by molar-refractivity contribution is -0.133. The molecule has 1 N–H and O–H groups in total. The molecule has 9 nitrogen and oxygen atoms in total. The average Bonchev–Trinajstić information content (AvgIpc) is 3.09. The van der Waals surface area contributed by atoms with Crippen LogP contribution in [0.2, 0.25) is 5.02 Å². The van der Waals surface area contributed by atoms with Gasteiger partial charge in [-0.1, -0.05) is 24.2 Å². The predicted octanol–water partition coefficient (Wildman–Crippen LogP) is 0.843. The van der Waals surface area contributed by atoms with E-state index in [1.54, 1.807) is 18.2 Å². The molecule has 11 heteroatoms. The van der Waals surface area contributed by atoms with Crippen LogP contribution in [-0.2, 0) is 19.8 Å². The summed E-state index contributed by atoms with van der Waals surface area (Å²) in [5.74, 6) is -0.235. The minimum absolute atomic E-state index is 0.130. The number of methoxy groups -OCH3 is 1. The molecule has 0 unspecified atom stereocenters. The van der Waals surface area contributed by atoms with Crippen molar-refractivity contribution >= 4 is 44.5 Å². The Balaban J connectivity index is 1.76. The molecule has 2 amide bonds. The highest BCUT2D eigenvalue weighted by Crippen LogP contribution is 2.35. The number of ether oxygens (including phenoxy) is 1. The summed E-state index contributed by atoms with van der Waals surface area (Å²) in [5.41, 5.74) is 0.417. The molecule has 0 atom stereocenters. The van der Waals surface area contributed by atoms with E-state index in [1.807, 2.05) is 0 Å². The molecule has 1 saturated heterocycles. The first-order valence-corrected chi connectivity index (χ1v) is 10.6. The molecular formula is C18H21ClN4O5S. The summed E-state index contributed by atoms with van der Waals surface area (Å²) < 4.78 is 34.0. The summed E-state index contributed by atoms with van der Waals surface area (Å²) in [6.45, 7) is 3.86. The lowest BCUT2D eigenvalue weighted by Gasteiger charge is -2.34. The number of nitrogens with one attached hydrogen (secondary N) is 1. The van der Waals surface area contributed by atoms with E-state index in [0.717, 1.165) is 10.0 Å². The maximum absolute atomic E-state index is 13.2. The van der Waals surface area contributed by atoms with Gasteiger partial charge in [0.05, 0.1) is 29.6 Å². The van der Waals surface area contributed by atoms with Crippen LogP contribution in [0, 0.1) is 0 Å². The summed E-state index contributed by atoms with van der Waals surface area (Å²) in [6.07, 6.45) is 2.44. The molecule has 0 radical (unpaired) electrons. The fourth-order valence-corrected chi connectivity index (χ4v) is 5.04. The molecule has 0 saturated carbocycles. The molecule has 0 spiro atoms. The second-order valence-electron chi connectivity index (χ2n) is 6.34. The highest BCUT2D eigenvalue weighted by atomic mass is 35.5. The van der Waals surface area contributed by atoms with Crippen LogP contribution in [0.1, 0.15) is 0 Å². The zero-order valence-electron chi connectivity index (χ0n) is 15.8. The summed E-state index contributed by atoms with van der Waals surface area (Å²) in [4.78, 5) is 24.9. The fourth-order valence-electron chi connectivity index (χ4n) is 3.18. The van der Waals surface area contributed by atoms with Crippen molar-refractivity contribution in [1.29, 1.82) is 0 Å². The van der Waals surface area contributed by atoms with E-state index >= 15 is 0 Å². The number of hydrogen-bond donors (Lipinski definition) is 1. The number of aromatic nitrogens is 1. The quantitative estimate of drug-likeness (QED) is 0.671. The van der Waals surface area contributed by atoms with Crippen LogP contribution in [0.4, 0.5) is 0 Å². The number of hydrogen-bond acceptors (Lipinski definition) is 5. The molecule has 2 heterocycles. The first-order chi connectivity index (χ1) is 13.8. The second-order valence-corrected chi connectivity index (χ2v) is 8.55. The smallest absolute Gasteiger partial charge is 0.308 e. The van der Waals surface area contributed by atoms with Crippen LogP contribution in [0.5, 0.6) is 5.75 Å². The SMILES string of the molecule is C=CC(=O)NCC(=O)N1CCN(S(=O)(=O)n2cc(Cl)c3c(OC)cccc32)CC1. The predicted molar refractivity (Wildman–Crippen MR) is 109 cm³/mol. The van der Waals surface area contributed by atoms with E-state index in [2.05, 4.69) is 11.9 Å². The van der Waals surface area contributed by atoms with E-state index in [1.165, 1.54) is 22.5 Å². The molecule has 1 aromatic carbocycles. The van der Waals surface area contributed by atoms with Crippen molar-refractivity contribution < 1.29 is 22.7 Å². The van der Waals surface area contributed by atoms with Crippen molar-refractivity contribution in [2.75, 3.05) is 39.8 Å². The number of carbonyl (C=O) groups excluding carboxylic acids is 2. The van der Waals surface area contributed by atoms with Crippen molar-refractivity contribution in [1.82, 2.24) is 18.5 Å². The van der Waals surface area contributed by atoms with E-state index in [9.17, 15) is 18.0 Å². The minimum Gasteiger partial charge on any atom is -0.496 e. The molecule has 156 valence electrons. The van der Waals surface area contributed by atoms with Crippen molar-refractivity contribution in [3.8, 4) is 5.75 Å². The van der Waals surface area contributed by atoms with Gasteiger partial charge in [-0.3, -0.25) is 9.59 Å². The maximum Gasteiger partial charge on any atom is 0.308 e. The van der Waals surface area contributed by atoms with Crippen molar-refractivity contribution in [2.45, 2.75) is 0 Å². The van der Waals surface area contributed by atoms with Crippen LogP contribution in [0.25, 0.3) is 10.9 Å². The third kappa shape index (κ3) is 4.09. The fraction of sp³-hybridized carbons (Fsp3) is 0.333. The molecule has 1 aliphatic rings. The van der Waals surface area contributed by atoms with Gasteiger partial charge in [0.25, 0.3) is 0 Å². The highest BCUT2D eigenvalue weighted by Gasteiger charge is 2.31. The Hall–Kier alpha value is -2.56. The number of rotatable bonds is 6. The number of nitrogens with zero attached hydrogens (tertiary/aromatic N) is 3. The molecule has 1 aliphatic heterocycles. The molecule has 0 aliphatic carbocycles. The monoisotopic (exact) mass is 440 g/mol. The number of carbonyl (C=O) groups is 2. The molecule has 3 rings (SSSR count). The van der Waals surface area contributed by atoms with Crippen LogP contribution in [-0.4, -0.2) is 73.2 Å². The Morgan fingerprint density at radius 3 is 2.59 bits per heavy atom. The average molecular weight is 441 g/mol. The number of fused-ring (bicyclic) bond motifs is 1. The zero-order chi connectivity index (χ0) is 21.2. The van der Waals surface area contributed by atoms with Gasteiger partial charge in [0.15, 0.2) is 0 Å². The molecule has 29 heavy (non-hydrogen) atoms. The van der Waals surface area contributed by atoms with Crippen LogP contribution < -0.4 is 10.1 Å². The molecule has 0 bridgehead atoms. The van der Waals surface area contributed by atoms with Gasteiger partial charge in [-0.25, -0.2) is 3.97 Å². The van der Waals surface area contributed by atoms with Gasteiger partial charge in [-0.05, 0) is 18.2 Å². The topological polar surface area (TPSA) is 101 Å². The zero-order valence-corrected chi connectivity index (χ0v) is 17.4. The van der Waals surface area contributed by atoms with Gasteiger partial charge in [0.2, 0.25) is 11.8 Å². The Labute approximate surface area is 173 Å². The van der Waals surface area contributed by atoms with Gasteiger partial charge in [-0.2, -0.15) is 12.7 Å². The molecule has 1 aromatic heterocycles. The van der Waals surface area contributed by atoms with E-state index < -0.39 is 16.1 Å². The largest absolute Gasteiger partial charge is 0.496 e. The van der Waals surface area contributed by atoms with Crippen molar-refractivity contribution in [2.24, 2.45) is 0 Å². The van der Waals surface area contributed by atoms with Gasteiger partial charge < -0.3 is 15.0 Å². The first-order valence-electron chi connectivity index (χ1n) is 8.82. The van der Waals surface area contributed by atoms with Crippen molar-refractivity contribution in [3.05, 3.63) is 42.1 Å². The van der Waals surface area contributed by atoms with Gasteiger partial charge in [-0.15, -0.1) is 0 Å². The summed E-state index contributed by atoms with van der Waals surface area (Å²) in [6, 6.07) is 5.06. The Kier molecular flexibility index (Phi) is 6.15. The van der Waals surface area contributed by atoms with E-state index in [0.29, 0.717) is 16.7 Å². The van der Waals surface area contributed by atoms with Crippen LogP contribution in [0.3, 0.4) is 0 Å². The van der Waals surface area contributed by atoms with E-state index in [4.69, 9.17) is 16.3 Å². The second kappa shape index (κ2) is 8.44. The number of benzene rings is 1. The van der Waals surface area contributed by atoms with E-state index in [-0.39, 0.29) is 43.7 Å². The number of piperazine rings is 1. The van der Waals surface area contributed by atoms with Crippen LogP contribution >= 0.6 is 11.6 Å². The van der Waals surface area contributed by atoms with Gasteiger partial charge in [0.1, 0.15) is 5.75 Å². The molecule has 2 aromatic rings. The first kappa shape index (κ1) is 21.2. The lowest BCUT2D eigenvalue weighted by atomic mass is 10.2. The van der Waals surface area contributed by atoms with Crippen molar-refractivity contribution in [3.63, 3.8) is 0 Å². The Morgan fingerprint density at radius 1 is 1.28 bits per heavy atom. The van der Waals surface area contributed by atoms with Gasteiger partial charge in [0, 0.05) is 32.4 Å². The minimum atomic E-state index is -3.88. The highest BCUT2D eigenvalue weighted by molar-refractivity contribution is 7.87.